The van der Waals surface area contributed by atoms with Crippen molar-refractivity contribution >= 4 is 38.7 Å². The summed E-state index contributed by atoms with van der Waals surface area (Å²) in [6.45, 7) is 4.24. The van der Waals surface area contributed by atoms with Crippen molar-refractivity contribution in [3.05, 3.63) is 109 Å². The number of rotatable bonds is 8. The third-order valence-corrected chi connectivity index (χ3v) is 6.09. The van der Waals surface area contributed by atoms with Crippen LogP contribution < -0.4 is 10.3 Å². The lowest BCUT2D eigenvalue weighted by Crippen LogP contribution is -2.23. The summed E-state index contributed by atoms with van der Waals surface area (Å²) in [7, 11) is 0. The van der Waals surface area contributed by atoms with Gasteiger partial charge in [-0.25, -0.2) is 4.98 Å². The van der Waals surface area contributed by atoms with E-state index in [0.717, 1.165) is 16.5 Å². The first kappa shape index (κ1) is 24.3. The standard InChI is InChI=1S/C26H23BrN4O4/c1-3-17(2)25-29-24-11-10-20(27)14-23(24)26(32)30(25)28-15-18-6-5-9-22(13-18)35-16-19-7-4-8-21(12-19)31(33)34/h4-15,17H,3,16H2,1-2H3/t17-/m0/s1. The van der Waals surface area contributed by atoms with Crippen LogP contribution in [0.5, 0.6) is 5.75 Å². The highest BCUT2D eigenvalue weighted by molar-refractivity contribution is 9.10. The van der Waals surface area contributed by atoms with Gasteiger partial charge in [0.05, 0.1) is 22.0 Å². The molecule has 0 saturated carbocycles. The summed E-state index contributed by atoms with van der Waals surface area (Å²) >= 11 is 3.42. The zero-order valence-corrected chi connectivity index (χ0v) is 20.8. The number of halogens is 1. The van der Waals surface area contributed by atoms with Crippen molar-refractivity contribution in [2.75, 3.05) is 0 Å². The molecule has 0 amide bonds. The highest BCUT2D eigenvalue weighted by Crippen LogP contribution is 2.21. The zero-order chi connectivity index (χ0) is 24.9. The Bertz CT molecular complexity index is 1480. The van der Waals surface area contributed by atoms with E-state index < -0.39 is 4.92 Å². The van der Waals surface area contributed by atoms with E-state index in [4.69, 9.17) is 9.72 Å². The minimum Gasteiger partial charge on any atom is -0.489 e. The predicted molar refractivity (Wildman–Crippen MR) is 139 cm³/mol. The van der Waals surface area contributed by atoms with Crippen molar-refractivity contribution in [2.24, 2.45) is 5.10 Å². The second kappa shape index (κ2) is 10.6. The van der Waals surface area contributed by atoms with Crippen LogP contribution in [-0.2, 0) is 6.61 Å². The first-order chi connectivity index (χ1) is 16.9. The largest absolute Gasteiger partial charge is 0.489 e. The van der Waals surface area contributed by atoms with Crippen LogP contribution in [0.3, 0.4) is 0 Å². The number of benzene rings is 3. The molecule has 1 heterocycles. The van der Waals surface area contributed by atoms with Crippen molar-refractivity contribution < 1.29 is 9.66 Å². The van der Waals surface area contributed by atoms with E-state index in [2.05, 4.69) is 21.0 Å². The van der Waals surface area contributed by atoms with Crippen LogP contribution >= 0.6 is 15.9 Å². The van der Waals surface area contributed by atoms with Crippen molar-refractivity contribution in [3.63, 3.8) is 0 Å². The number of nitrogens with zero attached hydrogens (tertiary/aromatic N) is 4. The Kier molecular flexibility index (Phi) is 7.36. The minimum absolute atomic E-state index is 0.0190. The Hall–Kier alpha value is -3.85. The molecule has 4 rings (SSSR count). The molecule has 4 aromatic rings. The minimum atomic E-state index is -0.434. The van der Waals surface area contributed by atoms with Crippen LogP contribution in [0.4, 0.5) is 5.69 Å². The molecule has 0 saturated heterocycles. The maximum atomic E-state index is 13.3. The summed E-state index contributed by atoms with van der Waals surface area (Å²) in [6.07, 6.45) is 2.41. The Morgan fingerprint density at radius 1 is 1.17 bits per heavy atom. The third-order valence-electron chi connectivity index (χ3n) is 5.59. The number of aromatic nitrogens is 2. The molecule has 0 aliphatic carbocycles. The molecule has 0 unspecified atom stereocenters. The lowest BCUT2D eigenvalue weighted by atomic mass is 10.1. The third kappa shape index (κ3) is 5.63. The van der Waals surface area contributed by atoms with Gasteiger partial charge in [0.1, 0.15) is 18.2 Å². The van der Waals surface area contributed by atoms with Crippen LogP contribution in [0.2, 0.25) is 0 Å². The monoisotopic (exact) mass is 534 g/mol. The van der Waals surface area contributed by atoms with Gasteiger partial charge >= 0.3 is 0 Å². The predicted octanol–water partition coefficient (Wildman–Crippen LogP) is 6.04. The molecular formula is C26H23BrN4O4. The number of hydrogen-bond donors (Lipinski definition) is 0. The maximum absolute atomic E-state index is 13.3. The molecule has 9 heteroatoms. The Balaban J connectivity index is 1.61. The molecule has 0 N–H and O–H groups in total. The smallest absolute Gasteiger partial charge is 0.282 e. The lowest BCUT2D eigenvalue weighted by Gasteiger charge is -2.14. The Morgan fingerprint density at radius 3 is 2.74 bits per heavy atom. The van der Waals surface area contributed by atoms with Crippen molar-refractivity contribution in [3.8, 4) is 5.75 Å². The van der Waals surface area contributed by atoms with Gasteiger partial charge in [-0.15, -0.1) is 0 Å². The Morgan fingerprint density at radius 2 is 1.97 bits per heavy atom. The molecule has 8 nitrogen and oxygen atoms in total. The van der Waals surface area contributed by atoms with E-state index in [9.17, 15) is 14.9 Å². The molecule has 0 spiro atoms. The van der Waals surface area contributed by atoms with Gasteiger partial charge in [0, 0.05) is 22.5 Å². The van der Waals surface area contributed by atoms with Gasteiger partial charge in [-0.1, -0.05) is 54.0 Å². The van der Waals surface area contributed by atoms with E-state index >= 15 is 0 Å². The lowest BCUT2D eigenvalue weighted by molar-refractivity contribution is -0.384. The quantitative estimate of drug-likeness (QED) is 0.156. The van der Waals surface area contributed by atoms with E-state index in [1.807, 2.05) is 38.1 Å². The first-order valence-electron chi connectivity index (χ1n) is 11.1. The van der Waals surface area contributed by atoms with Crippen LogP contribution in [0.25, 0.3) is 10.9 Å². The Labute approximate surface area is 210 Å². The molecule has 1 atom stereocenters. The van der Waals surface area contributed by atoms with Gasteiger partial charge in [-0.05, 0) is 47.9 Å². The van der Waals surface area contributed by atoms with Crippen molar-refractivity contribution in [2.45, 2.75) is 32.8 Å². The fraction of sp³-hybridized carbons (Fsp3) is 0.192. The number of nitro benzene ring substituents is 1. The summed E-state index contributed by atoms with van der Waals surface area (Å²) in [5.41, 5.74) is 1.84. The fourth-order valence-electron chi connectivity index (χ4n) is 3.51. The number of hydrogen-bond acceptors (Lipinski definition) is 6. The van der Waals surface area contributed by atoms with Gasteiger partial charge < -0.3 is 4.74 Å². The van der Waals surface area contributed by atoms with Gasteiger partial charge in [-0.2, -0.15) is 9.78 Å². The summed E-state index contributed by atoms with van der Waals surface area (Å²) in [4.78, 5) is 28.5. The zero-order valence-electron chi connectivity index (χ0n) is 19.2. The number of fused-ring (bicyclic) bond motifs is 1. The second-order valence-electron chi connectivity index (χ2n) is 8.09. The molecule has 0 aliphatic heterocycles. The topological polar surface area (TPSA) is 99.6 Å². The van der Waals surface area contributed by atoms with Crippen LogP contribution in [0.1, 0.15) is 43.1 Å². The number of non-ortho nitro benzene ring substituents is 1. The highest BCUT2D eigenvalue weighted by Gasteiger charge is 2.15. The van der Waals surface area contributed by atoms with E-state index in [0.29, 0.717) is 28.0 Å². The molecular weight excluding hydrogens is 512 g/mol. The SMILES string of the molecule is CC[C@H](C)c1nc2ccc(Br)cc2c(=O)n1N=Cc1cccc(OCc2cccc([N+](=O)[O-])c2)c1. The van der Waals surface area contributed by atoms with Crippen molar-refractivity contribution in [1.82, 2.24) is 9.66 Å². The average molecular weight is 535 g/mol. The molecule has 0 fully saturated rings. The van der Waals surface area contributed by atoms with Crippen LogP contribution in [-0.4, -0.2) is 20.8 Å². The second-order valence-corrected chi connectivity index (χ2v) is 9.01. The molecule has 0 bridgehead atoms. The first-order valence-corrected chi connectivity index (χ1v) is 11.9. The highest BCUT2D eigenvalue weighted by atomic mass is 79.9. The molecule has 0 radical (unpaired) electrons. The molecule has 1 aromatic heterocycles. The van der Waals surface area contributed by atoms with E-state index in [1.165, 1.54) is 16.8 Å². The summed E-state index contributed by atoms with van der Waals surface area (Å²) in [5, 5.41) is 15.9. The summed E-state index contributed by atoms with van der Waals surface area (Å²) < 4.78 is 7.98. The fourth-order valence-corrected chi connectivity index (χ4v) is 3.88. The van der Waals surface area contributed by atoms with Gasteiger partial charge in [0.2, 0.25) is 0 Å². The summed E-state index contributed by atoms with van der Waals surface area (Å²) in [5.74, 6) is 1.22. The number of ether oxygens (including phenoxy) is 1. The molecule has 178 valence electrons. The van der Waals surface area contributed by atoms with Gasteiger partial charge in [0.25, 0.3) is 11.2 Å². The average Bonchev–Trinajstić information content (AvgIpc) is 2.87. The van der Waals surface area contributed by atoms with Crippen LogP contribution in [0.15, 0.2) is 81.1 Å². The molecule has 3 aromatic carbocycles. The van der Waals surface area contributed by atoms with Crippen molar-refractivity contribution in [1.29, 1.82) is 0 Å². The maximum Gasteiger partial charge on any atom is 0.282 e. The van der Waals surface area contributed by atoms with E-state index in [1.54, 1.807) is 36.5 Å². The normalized spacial score (nSPS) is 12.2. The van der Waals surface area contributed by atoms with Crippen LogP contribution in [0, 0.1) is 10.1 Å². The number of nitro groups is 1. The molecule has 0 aliphatic rings. The summed E-state index contributed by atoms with van der Waals surface area (Å²) in [6, 6.07) is 19.0. The van der Waals surface area contributed by atoms with E-state index in [-0.39, 0.29) is 23.8 Å². The molecule has 35 heavy (non-hydrogen) atoms. The van der Waals surface area contributed by atoms with Gasteiger partial charge in [0.15, 0.2) is 0 Å². The van der Waals surface area contributed by atoms with Gasteiger partial charge in [-0.3, -0.25) is 14.9 Å².